The normalized spacial score (nSPS) is 29.6. The molecule has 3 unspecified atom stereocenters. The van der Waals surface area contributed by atoms with Gasteiger partial charge in [-0.15, -0.1) is 0 Å². The van der Waals surface area contributed by atoms with E-state index in [0.29, 0.717) is 6.04 Å². The average molecular weight is 287 g/mol. The van der Waals surface area contributed by atoms with E-state index in [0.717, 1.165) is 16.8 Å². The summed E-state index contributed by atoms with van der Waals surface area (Å²) in [7, 11) is 0. The summed E-state index contributed by atoms with van der Waals surface area (Å²) >= 11 is 5.83. The van der Waals surface area contributed by atoms with Gasteiger partial charge in [-0.05, 0) is 30.2 Å². The van der Waals surface area contributed by atoms with Gasteiger partial charge in [-0.25, -0.2) is 0 Å². The van der Waals surface area contributed by atoms with Crippen molar-refractivity contribution in [2.75, 3.05) is 6.54 Å². The van der Waals surface area contributed by atoms with Crippen LogP contribution in [0.2, 0.25) is 0 Å². The predicted molar refractivity (Wildman–Crippen MR) is 88.8 cm³/mol. The minimum atomic E-state index is 0.0843. The number of hydrogen-bond donors (Lipinski definition) is 0. The maximum absolute atomic E-state index is 5.83. The summed E-state index contributed by atoms with van der Waals surface area (Å²) in [5, 5.41) is 0. The Labute approximate surface area is 128 Å². The van der Waals surface area contributed by atoms with Crippen LogP contribution in [0.5, 0.6) is 0 Å². The molecule has 3 rings (SSSR count). The van der Waals surface area contributed by atoms with Crippen LogP contribution < -0.4 is 0 Å². The first-order valence-electron chi connectivity index (χ1n) is 7.84. The van der Waals surface area contributed by atoms with Crippen molar-refractivity contribution < 1.29 is 0 Å². The molecule has 2 fully saturated rings. The van der Waals surface area contributed by atoms with Gasteiger partial charge in [0.2, 0.25) is 0 Å². The van der Waals surface area contributed by atoms with Crippen LogP contribution in [0.15, 0.2) is 30.3 Å². The van der Waals surface area contributed by atoms with E-state index in [9.17, 15) is 0 Å². The van der Waals surface area contributed by atoms with Crippen molar-refractivity contribution >= 4 is 17.2 Å². The van der Waals surface area contributed by atoms with Gasteiger partial charge >= 0.3 is 0 Å². The summed E-state index contributed by atoms with van der Waals surface area (Å²) in [4.78, 5) is 3.68. The van der Waals surface area contributed by atoms with Crippen molar-refractivity contribution in [3.05, 3.63) is 35.9 Å². The van der Waals surface area contributed by atoms with E-state index in [1.54, 1.807) is 0 Å². The first-order chi connectivity index (χ1) is 9.48. The third-order valence-corrected chi connectivity index (χ3v) is 5.78. The molecule has 1 aromatic carbocycles. The number of nitrogens with zero attached hydrogens (tertiary/aromatic N) is 1. The number of benzene rings is 1. The van der Waals surface area contributed by atoms with Gasteiger partial charge in [0.15, 0.2) is 0 Å². The zero-order chi connectivity index (χ0) is 14.3. The second-order valence-corrected chi connectivity index (χ2v) is 7.80. The van der Waals surface area contributed by atoms with Gasteiger partial charge in [-0.2, -0.15) is 0 Å². The van der Waals surface area contributed by atoms with Crippen molar-refractivity contribution in [3.63, 3.8) is 0 Å². The highest BCUT2D eigenvalue weighted by molar-refractivity contribution is 7.80. The van der Waals surface area contributed by atoms with Crippen LogP contribution >= 0.6 is 12.2 Å². The highest BCUT2D eigenvalue weighted by Crippen LogP contribution is 2.50. The maximum atomic E-state index is 5.83. The van der Waals surface area contributed by atoms with Gasteiger partial charge in [0.25, 0.3) is 0 Å². The summed E-state index contributed by atoms with van der Waals surface area (Å²) in [6, 6.07) is 11.5. The van der Waals surface area contributed by atoms with Crippen molar-refractivity contribution in [2.45, 2.75) is 46.1 Å². The number of hydrogen-bond acceptors (Lipinski definition) is 1. The lowest BCUT2D eigenvalue weighted by Crippen LogP contribution is -2.38. The summed E-state index contributed by atoms with van der Waals surface area (Å²) in [5.41, 5.74) is 1.54. The zero-order valence-corrected chi connectivity index (χ0v) is 13.6. The van der Waals surface area contributed by atoms with Crippen molar-refractivity contribution in [2.24, 2.45) is 17.3 Å². The van der Waals surface area contributed by atoms with Crippen LogP contribution in [0.3, 0.4) is 0 Å². The lowest BCUT2D eigenvalue weighted by molar-refractivity contribution is 0.313. The molecule has 2 heteroatoms. The molecule has 0 bridgehead atoms. The zero-order valence-electron chi connectivity index (χ0n) is 12.8. The van der Waals surface area contributed by atoms with Gasteiger partial charge in [-0.1, -0.05) is 69.7 Å². The summed E-state index contributed by atoms with van der Waals surface area (Å²) in [5.74, 6) is 1.65. The summed E-state index contributed by atoms with van der Waals surface area (Å²) in [6.45, 7) is 7.89. The standard InChI is InChI=1S/C18H25NS/c1-18(2,3)17(20)19-12-14-10-7-11-15(14)16(19)13-8-5-4-6-9-13/h4-6,8-9,14-16H,7,10-12H2,1-3H3. The molecular weight excluding hydrogens is 262 g/mol. The molecule has 20 heavy (non-hydrogen) atoms. The number of fused-ring (bicyclic) bond motifs is 1. The fraction of sp³-hybridized carbons (Fsp3) is 0.611. The molecule has 1 aliphatic heterocycles. The Hall–Kier alpha value is -0.890. The van der Waals surface area contributed by atoms with Crippen LogP contribution in [0.25, 0.3) is 0 Å². The first kappa shape index (κ1) is 14.1. The van der Waals surface area contributed by atoms with E-state index in [1.807, 2.05) is 0 Å². The third kappa shape index (κ3) is 2.39. The fourth-order valence-electron chi connectivity index (χ4n) is 4.02. The Morgan fingerprint density at radius 1 is 1.15 bits per heavy atom. The van der Waals surface area contributed by atoms with E-state index in [1.165, 1.54) is 31.4 Å². The smallest absolute Gasteiger partial charge is 0.0838 e. The van der Waals surface area contributed by atoms with E-state index in [2.05, 4.69) is 56.0 Å². The summed E-state index contributed by atoms with van der Waals surface area (Å²) < 4.78 is 0. The van der Waals surface area contributed by atoms with Gasteiger partial charge in [0, 0.05) is 12.0 Å². The number of likely N-dealkylation sites (tertiary alicyclic amines) is 1. The van der Waals surface area contributed by atoms with Crippen LogP contribution in [-0.4, -0.2) is 16.4 Å². The molecule has 1 aromatic rings. The lowest BCUT2D eigenvalue weighted by Gasteiger charge is -2.36. The van der Waals surface area contributed by atoms with Gasteiger partial charge in [0.1, 0.15) is 0 Å². The highest BCUT2D eigenvalue weighted by atomic mass is 32.1. The highest BCUT2D eigenvalue weighted by Gasteiger charge is 2.46. The first-order valence-corrected chi connectivity index (χ1v) is 8.25. The molecule has 0 N–H and O–H groups in total. The Morgan fingerprint density at radius 2 is 1.85 bits per heavy atom. The lowest BCUT2D eigenvalue weighted by atomic mass is 9.88. The van der Waals surface area contributed by atoms with Crippen molar-refractivity contribution in [3.8, 4) is 0 Å². The SMILES string of the molecule is CC(C)(C)C(=S)N1CC2CCCC2C1c1ccccc1. The summed E-state index contributed by atoms with van der Waals surface area (Å²) in [6.07, 6.45) is 4.15. The van der Waals surface area contributed by atoms with Gasteiger partial charge in [-0.3, -0.25) is 0 Å². The Balaban J connectivity index is 1.95. The number of rotatable bonds is 1. The van der Waals surface area contributed by atoms with E-state index < -0.39 is 0 Å². The molecule has 0 spiro atoms. The van der Waals surface area contributed by atoms with Crippen LogP contribution in [0, 0.1) is 17.3 Å². The molecule has 2 aliphatic rings. The van der Waals surface area contributed by atoms with Crippen molar-refractivity contribution in [1.29, 1.82) is 0 Å². The predicted octanol–water partition coefficient (Wildman–Crippen LogP) is 4.83. The molecule has 1 heterocycles. The van der Waals surface area contributed by atoms with E-state index >= 15 is 0 Å². The fourth-order valence-corrected chi connectivity index (χ4v) is 4.21. The van der Waals surface area contributed by atoms with Crippen LogP contribution in [0.4, 0.5) is 0 Å². The van der Waals surface area contributed by atoms with Crippen LogP contribution in [0.1, 0.15) is 51.6 Å². The molecule has 1 saturated heterocycles. The second-order valence-electron chi connectivity index (χ2n) is 7.42. The maximum Gasteiger partial charge on any atom is 0.0838 e. The largest absolute Gasteiger partial charge is 0.358 e. The molecule has 0 aromatic heterocycles. The minimum Gasteiger partial charge on any atom is -0.358 e. The van der Waals surface area contributed by atoms with E-state index in [-0.39, 0.29) is 5.41 Å². The number of thiocarbonyl (C=S) groups is 1. The topological polar surface area (TPSA) is 3.24 Å². The molecular formula is C18H25NS. The average Bonchev–Trinajstić information content (AvgIpc) is 2.97. The second kappa shape index (κ2) is 5.14. The Bertz CT molecular complexity index is 488. The minimum absolute atomic E-state index is 0.0843. The van der Waals surface area contributed by atoms with E-state index in [4.69, 9.17) is 12.2 Å². The molecule has 108 valence electrons. The van der Waals surface area contributed by atoms with Crippen molar-refractivity contribution in [1.82, 2.24) is 4.90 Å². The Morgan fingerprint density at radius 3 is 2.50 bits per heavy atom. The third-order valence-electron chi connectivity index (χ3n) is 4.93. The molecule has 1 aliphatic carbocycles. The molecule has 0 radical (unpaired) electrons. The van der Waals surface area contributed by atoms with Crippen LogP contribution in [-0.2, 0) is 0 Å². The Kier molecular flexibility index (Phi) is 3.62. The molecule has 0 amide bonds. The molecule has 1 nitrogen and oxygen atoms in total. The quantitative estimate of drug-likeness (QED) is 0.680. The van der Waals surface area contributed by atoms with Gasteiger partial charge < -0.3 is 4.90 Å². The monoisotopic (exact) mass is 287 g/mol. The van der Waals surface area contributed by atoms with Gasteiger partial charge in [0.05, 0.1) is 11.0 Å². The molecule has 3 atom stereocenters. The molecule has 1 saturated carbocycles.